The van der Waals surface area contributed by atoms with Crippen molar-refractivity contribution in [3.63, 3.8) is 0 Å². The smallest absolute Gasteiger partial charge is 0.376 e. The number of para-hydroxylation sites is 1. The van der Waals surface area contributed by atoms with E-state index in [1.165, 1.54) is 12.7 Å². The first-order valence-electron chi connectivity index (χ1n) is 7.72. The summed E-state index contributed by atoms with van der Waals surface area (Å²) in [7, 11) is 1.35. The van der Waals surface area contributed by atoms with Crippen molar-refractivity contribution < 1.29 is 9.53 Å². The average Bonchev–Trinajstić information content (AvgIpc) is 2.62. The van der Waals surface area contributed by atoms with Gasteiger partial charge in [-0.05, 0) is 42.7 Å². The summed E-state index contributed by atoms with van der Waals surface area (Å²) in [6.45, 7) is 0.710. The van der Waals surface area contributed by atoms with Gasteiger partial charge in [-0.2, -0.15) is 0 Å². The highest BCUT2D eigenvalue weighted by Crippen LogP contribution is 2.27. The lowest BCUT2D eigenvalue weighted by molar-refractivity contribution is -0.132. The van der Waals surface area contributed by atoms with Crippen molar-refractivity contribution >= 4 is 34.8 Å². The summed E-state index contributed by atoms with van der Waals surface area (Å²) >= 11 is 5.98. The van der Waals surface area contributed by atoms with Gasteiger partial charge >= 0.3 is 5.97 Å². The third-order valence-corrected chi connectivity index (χ3v) is 4.08. The van der Waals surface area contributed by atoms with Gasteiger partial charge in [0.1, 0.15) is 0 Å². The lowest BCUT2D eigenvalue weighted by Crippen LogP contribution is -2.41. The van der Waals surface area contributed by atoms with Crippen LogP contribution in [0.3, 0.4) is 0 Å². The van der Waals surface area contributed by atoms with Crippen LogP contribution in [0.25, 0.3) is 0 Å². The minimum absolute atomic E-state index is 0.227. The molecule has 3 rings (SSSR count). The van der Waals surface area contributed by atoms with E-state index in [-0.39, 0.29) is 5.84 Å². The van der Waals surface area contributed by atoms with Crippen molar-refractivity contribution in [3.8, 4) is 0 Å². The molecule has 1 N–H and O–H groups in total. The molecule has 0 spiro atoms. The molecule has 2 aromatic carbocycles. The maximum atomic E-state index is 12.2. The highest BCUT2D eigenvalue weighted by Gasteiger charge is 2.26. The highest BCUT2D eigenvalue weighted by molar-refractivity contribution is 6.41. The minimum atomic E-state index is -0.485. The predicted octanol–water partition coefficient (Wildman–Crippen LogP) is 3.69. The molecule has 124 valence electrons. The number of nitrogens with one attached hydrogen (secondary N) is 1. The third kappa shape index (κ3) is 3.51. The number of benzene rings is 2. The van der Waals surface area contributed by atoms with Gasteiger partial charge in [0.25, 0.3) is 0 Å². The molecule has 1 aliphatic heterocycles. The fourth-order valence-corrected chi connectivity index (χ4v) is 2.93. The Bertz CT molecular complexity index is 776. The normalized spacial score (nSPS) is 14.1. The van der Waals surface area contributed by atoms with Gasteiger partial charge in [-0.25, -0.2) is 4.79 Å². The van der Waals surface area contributed by atoms with E-state index >= 15 is 0 Å². The van der Waals surface area contributed by atoms with Crippen molar-refractivity contribution in [2.75, 3.05) is 24.0 Å². The van der Waals surface area contributed by atoms with E-state index in [1.807, 2.05) is 35.2 Å². The molecule has 0 atom stereocenters. The molecule has 0 bridgehead atoms. The second-order valence-electron chi connectivity index (χ2n) is 5.43. The third-order valence-electron chi connectivity index (χ3n) is 3.85. The molecule has 6 heteroatoms. The Hall–Kier alpha value is -2.53. The molecule has 0 amide bonds. The number of fused-ring (bicyclic) bond motifs is 1. The van der Waals surface area contributed by atoms with Crippen molar-refractivity contribution in [1.82, 2.24) is 0 Å². The number of carbonyl (C=O) groups is 1. The molecular formula is C18H18ClN3O2. The summed E-state index contributed by atoms with van der Waals surface area (Å²) < 4.78 is 4.92. The zero-order valence-electron chi connectivity index (χ0n) is 13.3. The molecule has 0 aromatic heterocycles. The lowest BCUT2D eigenvalue weighted by Gasteiger charge is -2.30. The number of anilines is 2. The van der Waals surface area contributed by atoms with E-state index in [9.17, 15) is 4.79 Å². The SMILES string of the molecule is COC(=O)/C(=N/Nc1cccc(Cl)c1)N1CCCc2ccccc21. The van der Waals surface area contributed by atoms with Crippen molar-refractivity contribution in [1.29, 1.82) is 0 Å². The van der Waals surface area contributed by atoms with Crippen molar-refractivity contribution in [2.45, 2.75) is 12.8 Å². The van der Waals surface area contributed by atoms with Crippen LogP contribution >= 0.6 is 11.6 Å². The summed E-state index contributed by atoms with van der Waals surface area (Å²) in [5, 5.41) is 4.88. The maximum absolute atomic E-state index is 12.2. The lowest BCUT2D eigenvalue weighted by atomic mass is 10.0. The molecule has 0 radical (unpaired) electrons. The number of carbonyl (C=O) groups excluding carboxylic acids is 1. The second kappa shape index (κ2) is 7.36. The van der Waals surface area contributed by atoms with E-state index in [0.717, 1.165) is 18.5 Å². The monoisotopic (exact) mass is 343 g/mol. The second-order valence-corrected chi connectivity index (χ2v) is 5.87. The summed E-state index contributed by atoms with van der Waals surface area (Å²) in [5.74, 6) is -0.258. The van der Waals surface area contributed by atoms with E-state index < -0.39 is 5.97 Å². The molecule has 5 nitrogen and oxygen atoms in total. The van der Waals surface area contributed by atoms with Crippen LogP contribution in [0.15, 0.2) is 53.6 Å². The molecule has 1 heterocycles. The fourth-order valence-electron chi connectivity index (χ4n) is 2.74. The number of nitrogens with zero attached hydrogens (tertiary/aromatic N) is 2. The van der Waals surface area contributed by atoms with Gasteiger partial charge in [-0.3, -0.25) is 5.43 Å². The quantitative estimate of drug-likeness (QED) is 0.391. The van der Waals surface area contributed by atoms with Crippen LogP contribution in [-0.2, 0) is 16.0 Å². The van der Waals surface area contributed by atoms with Gasteiger partial charge in [0.15, 0.2) is 0 Å². The van der Waals surface area contributed by atoms with E-state index in [2.05, 4.69) is 16.6 Å². The maximum Gasteiger partial charge on any atom is 0.376 e. The molecule has 0 unspecified atom stereocenters. The molecular weight excluding hydrogens is 326 g/mol. The van der Waals surface area contributed by atoms with Crippen LogP contribution in [0.4, 0.5) is 11.4 Å². The number of hydrogen-bond acceptors (Lipinski definition) is 4. The van der Waals surface area contributed by atoms with Crippen LogP contribution in [0.2, 0.25) is 5.02 Å². The Labute approximate surface area is 145 Å². The number of amidine groups is 1. The first-order valence-corrected chi connectivity index (χ1v) is 8.10. The van der Waals surface area contributed by atoms with Gasteiger partial charge in [-0.15, -0.1) is 5.10 Å². The Kier molecular flexibility index (Phi) is 5.01. The zero-order valence-corrected chi connectivity index (χ0v) is 14.1. The van der Waals surface area contributed by atoms with E-state index in [1.54, 1.807) is 12.1 Å². The summed E-state index contributed by atoms with van der Waals surface area (Å²) in [5.41, 5.74) is 5.78. The first kappa shape index (κ1) is 16.3. The number of hydrogen-bond donors (Lipinski definition) is 1. The molecule has 0 saturated carbocycles. The van der Waals surface area contributed by atoms with E-state index in [0.29, 0.717) is 17.3 Å². The molecule has 1 aliphatic rings. The van der Waals surface area contributed by atoms with Crippen molar-refractivity contribution in [2.24, 2.45) is 5.10 Å². The Balaban J connectivity index is 1.93. The molecule has 2 aromatic rings. The number of rotatable bonds is 2. The van der Waals surface area contributed by atoms with Crippen LogP contribution in [0.1, 0.15) is 12.0 Å². The summed E-state index contributed by atoms with van der Waals surface area (Å²) in [4.78, 5) is 14.1. The Morgan fingerprint density at radius 2 is 2.08 bits per heavy atom. The molecule has 0 fully saturated rings. The standard InChI is InChI=1S/C18H18ClN3O2/c1-24-18(23)17(21-20-15-9-4-8-14(19)12-15)22-11-5-7-13-6-2-3-10-16(13)22/h2-4,6,8-10,12,20H,5,7,11H2,1H3/b21-17-. The number of aryl methyl sites for hydroxylation is 1. The largest absolute Gasteiger partial charge is 0.463 e. The van der Waals surface area contributed by atoms with Gasteiger partial charge in [0, 0.05) is 17.3 Å². The highest BCUT2D eigenvalue weighted by atomic mass is 35.5. The predicted molar refractivity (Wildman–Crippen MR) is 96.6 cm³/mol. The molecule has 24 heavy (non-hydrogen) atoms. The number of hydrazone groups is 1. The molecule has 0 saturated heterocycles. The van der Waals surface area contributed by atoms with Gasteiger partial charge in [0.05, 0.1) is 12.8 Å². The van der Waals surface area contributed by atoms with Gasteiger partial charge in [0.2, 0.25) is 5.84 Å². The number of ether oxygens (including phenoxy) is 1. The van der Waals surface area contributed by atoms with Gasteiger partial charge in [-0.1, -0.05) is 35.9 Å². The van der Waals surface area contributed by atoms with Crippen LogP contribution in [0, 0.1) is 0 Å². The molecule has 0 aliphatic carbocycles. The van der Waals surface area contributed by atoms with Gasteiger partial charge < -0.3 is 9.64 Å². The fraction of sp³-hybridized carbons (Fsp3) is 0.222. The Morgan fingerprint density at radius 1 is 1.25 bits per heavy atom. The Morgan fingerprint density at radius 3 is 2.88 bits per heavy atom. The topological polar surface area (TPSA) is 53.9 Å². The number of methoxy groups -OCH3 is 1. The summed E-state index contributed by atoms with van der Waals surface area (Å²) in [6.07, 6.45) is 1.94. The van der Waals surface area contributed by atoms with Crippen molar-refractivity contribution in [3.05, 3.63) is 59.1 Å². The van der Waals surface area contributed by atoms with E-state index in [4.69, 9.17) is 16.3 Å². The average molecular weight is 344 g/mol. The zero-order chi connectivity index (χ0) is 16.9. The number of halogens is 1. The summed E-state index contributed by atoms with van der Waals surface area (Å²) in [6, 6.07) is 15.2. The van der Waals surface area contributed by atoms with Crippen LogP contribution in [-0.4, -0.2) is 25.5 Å². The minimum Gasteiger partial charge on any atom is -0.463 e. The van der Waals surface area contributed by atoms with Crippen LogP contribution in [0.5, 0.6) is 0 Å². The number of esters is 1. The van der Waals surface area contributed by atoms with Crippen LogP contribution < -0.4 is 10.3 Å². The first-order chi connectivity index (χ1) is 11.7.